The largest absolute Gasteiger partial charge is 0.351 e. The number of nitrogens with one attached hydrogen (secondary N) is 2. The lowest BCUT2D eigenvalue weighted by Crippen LogP contribution is -2.54. The minimum atomic E-state index is -0.556. The molecule has 0 aromatic heterocycles. The van der Waals surface area contributed by atoms with E-state index in [0.29, 0.717) is 5.56 Å². The van der Waals surface area contributed by atoms with Crippen molar-refractivity contribution >= 4 is 23.4 Å². The minimum Gasteiger partial charge on any atom is -0.351 e. The maximum atomic E-state index is 13.0. The molecule has 3 rings (SSSR count). The van der Waals surface area contributed by atoms with Crippen molar-refractivity contribution in [2.24, 2.45) is 5.92 Å². The van der Waals surface area contributed by atoms with Crippen molar-refractivity contribution < 1.29 is 9.59 Å². The predicted molar refractivity (Wildman–Crippen MR) is 125 cm³/mol. The molecular formula is C25H32ClN3O2. The van der Waals surface area contributed by atoms with Crippen molar-refractivity contribution in [3.63, 3.8) is 0 Å². The van der Waals surface area contributed by atoms with E-state index in [0.717, 1.165) is 43.1 Å². The van der Waals surface area contributed by atoms with Gasteiger partial charge in [0.15, 0.2) is 0 Å². The molecule has 0 aliphatic carbocycles. The first-order chi connectivity index (χ1) is 14.8. The number of halogens is 1. The molecule has 0 radical (unpaired) electrons. The number of nitrogens with zero attached hydrogens (tertiary/aromatic N) is 1. The topological polar surface area (TPSA) is 61.4 Å². The molecule has 1 aliphatic heterocycles. The zero-order valence-electron chi connectivity index (χ0n) is 18.5. The lowest BCUT2D eigenvalue weighted by Gasteiger charge is -2.33. The van der Waals surface area contributed by atoms with Crippen LogP contribution in [0.15, 0.2) is 48.5 Å². The fourth-order valence-corrected chi connectivity index (χ4v) is 4.08. The molecule has 5 nitrogen and oxygen atoms in total. The van der Waals surface area contributed by atoms with Gasteiger partial charge >= 0.3 is 0 Å². The molecule has 1 unspecified atom stereocenters. The maximum absolute atomic E-state index is 13.0. The van der Waals surface area contributed by atoms with Crippen molar-refractivity contribution in [1.82, 2.24) is 15.5 Å². The van der Waals surface area contributed by atoms with Crippen LogP contribution in [0.5, 0.6) is 0 Å². The van der Waals surface area contributed by atoms with Crippen LogP contribution in [-0.4, -0.2) is 41.9 Å². The van der Waals surface area contributed by atoms with Crippen LogP contribution in [0.25, 0.3) is 0 Å². The first-order valence-electron chi connectivity index (χ1n) is 11.0. The van der Waals surface area contributed by atoms with E-state index in [1.165, 1.54) is 5.56 Å². The quantitative estimate of drug-likeness (QED) is 0.677. The summed E-state index contributed by atoms with van der Waals surface area (Å²) < 4.78 is 0. The molecule has 1 fully saturated rings. The van der Waals surface area contributed by atoms with E-state index in [1.54, 1.807) is 6.07 Å². The Morgan fingerprint density at radius 3 is 2.32 bits per heavy atom. The van der Waals surface area contributed by atoms with Crippen LogP contribution in [0.2, 0.25) is 5.02 Å². The fraction of sp³-hybridized carbons (Fsp3) is 0.440. The Bertz CT molecular complexity index is 890. The van der Waals surface area contributed by atoms with Crippen LogP contribution >= 0.6 is 11.6 Å². The molecular weight excluding hydrogens is 410 g/mol. The molecule has 1 saturated heterocycles. The highest BCUT2D eigenvalue weighted by molar-refractivity contribution is 6.30. The molecule has 1 heterocycles. The van der Waals surface area contributed by atoms with Crippen molar-refractivity contribution in [2.75, 3.05) is 13.1 Å². The summed E-state index contributed by atoms with van der Waals surface area (Å²) in [6.45, 7) is 8.55. The number of piperidine rings is 1. The smallest absolute Gasteiger partial charge is 0.252 e. The SMILES string of the molecule is Cc1ccccc1C(=O)NC(C(=O)NC1CCN(Cc2ccc(Cl)cc2)CC1)C(C)C. The Morgan fingerprint density at radius 2 is 1.71 bits per heavy atom. The van der Waals surface area contributed by atoms with Gasteiger partial charge in [0.1, 0.15) is 6.04 Å². The second-order valence-electron chi connectivity index (χ2n) is 8.70. The molecule has 2 aromatic rings. The molecule has 2 aromatic carbocycles. The summed E-state index contributed by atoms with van der Waals surface area (Å²) in [7, 11) is 0. The summed E-state index contributed by atoms with van der Waals surface area (Å²) in [6.07, 6.45) is 1.80. The van der Waals surface area contributed by atoms with Crippen LogP contribution in [0.3, 0.4) is 0 Å². The molecule has 1 atom stereocenters. The second-order valence-corrected chi connectivity index (χ2v) is 9.13. The molecule has 0 bridgehead atoms. The number of benzene rings is 2. The number of likely N-dealkylation sites (tertiary alicyclic amines) is 1. The highest BCUT2D eigenvalue weighted by Gasteiger charge is 2.28. The number of carbonyl (C=O) groups is 2. The van der Waals surface area contributed by atoms with Crippen LogP contribution in [-0.2, 0) is 11.3 Å². The number of rotatable bonds is 7. The van der Waals surface area contributed by atoms with Gasteiger partial charge in [0.05, 0.1) is 0 Å². The average molecular weight is 442 g/mol. The van der Waals surface area contributed by atoms with E-state index in [4.69, 9.17) is 11.6 Å². The van der Waals surface area contributed by atoms with Crippen molar-refractivity contribution in [2.45, 2.75) is 52.2 Å². The van der Waals surface area contributed by atoms with Gasteiger partial charge in [-0.1, -0.05) is 55.8 Å². The predicted octanol–water partition coefficient (Wildman–Crippen LogP) is 4.18. The zero-order valence-corrected chi connectivity index (χ0v) is 19.3. The van der Waals surface area contributed by atoms with E-state index in [-0.39, 0.29) is 23.8 Å². The Hall–Kier alpha value is -2.37. The number of carbonyl (C=O) groups excluding carboxylic acids is 2. The van der Waals surface area contributed by atoms with Gasteiger partial charge in [-0.3, -0.25) is 14.5 Å². The summed E-state index contributed by atoms with van der Waals surface area (Å²) in [5.74, 6) is -0.309. The average Bonchev–Trinajstić information content (AvgIpc) is 2.75. The third-order valence-electron chi connectivity index (χ3n) is 5.88. The molecule has 2 N–H and O–H groups in total. The first kappa shape index (κ1) is 23.3. The minimum absolute atomic E-state index is 0.00189. The number of hydrogen-bond acceptors (Lipinski definition) is 3. The van der Waals surface area contributed by atoms with Gasteiger partial charge in [-0.15, -0.1) is 0 Å². The Morgan fingerprint density at radius 1 is 1.06 bits per heavy atom. The van der Waals surface area contributed by atoms with E-state index in [1.807, 2.05) is 51.1 Å². The molecule has 166 valence electrons. The monoisotopic (exact) mass is 441 g/mol. The van der Waals surface area contributed by atoms with Gasteiger partial charge in [0.2, 0.25) is 5.91 Å². The van der Waals surface area contributed by atoms with Gasteiger partial charge in [-0.05, 0) is 55.0 Å². The molecule has 1 aliphatic rings. The molecule has 0 saturated carbocycles. The van der Waals surface area contributed by atoms with E-state index in [9.17, 15) is 9.59 Å². The zero-order chi connectivity index (χ0) is 22.4. The van der Waals surface area contributed by atoms with Gasteiger partial charge in [-0.2, -0.15) is 0 Å². The molecule has 0 spiro atoms. The van der Waals surface area contributed by atoms with Gasteiger partial charge in [0.25, 0.3) is 5.91 Å². The van der Waals surface area contributed by atoms with Crippen LogP contribution in [0.4, 0.5) is 0 Å². The Labute approximate surface area is 190 Å². The summed E-state index contributed by atoms with van der Waals surface area (Å²) in [4.78, 5) is 28.1. The lowest BCUT2D eigenvalue weighted by atomic mass is 9.99. The summed E-state index contributed by atoms with van der Waals surface area (Å²) >= 11 is 5.96. The summed E-state index contributed by atoms with van der Waals surface area (Å²) in [6, 6.07) is 14.9. The summed E-state index contributed by atoms with van der Waals surface area (Å²) in [5, 5.41) is 6.85. The third kappa shape index (κ3) is 6.55. The normalized spacial score (nSPS) is 16.2. The van der Waals surface area contributed by atoms with E-state index < -0.39 is 6.04 Å². The Balaban J connectivity index is 1.51. The van der Waals surface area contributed by atoms with Crippen LogP contribution in [0.1, 0.15) is 48.2 Å². The highest BCUT2D eigenvalue weighted by Crippen LogP contribution is 2.17. The second kappa shape index (κ2) is 10.8. The molecule has 6 heteroatoms. The first-order valence-corrected chi connectivity index (χ1v) is 11.3. The lowest BCUT2D eigenvalue weighted by molar-refractivity contribution is -0.125. The van der Waals surface area contributed by atoms with Crippen molar-refractivity contribution in [3.8, 4) is 0 Å². The van der Waals surface area contributed by atoms with E-state index >= 15 is 0 Å². The van der Waals surface area contributed by atoms with Gasteiger partial charge in [-0.25, -0.2) is 0 Å². The molecule has 31 heavy (non-hydrogen) atoms. The van der Waals surface area contributed by atoms with E-state index in [2.05, 4.69) is 27.7 Å². The van der Waals surface area contributed by atoms with Crippen molar-refractivity contribution in [3.05, 3.63) is 70.2 Å². The van der Waals surface area contributed by atoms with Crippen molar-refractivity contribution in [1.29, 1.82) is 0 Å². The number of hydrogen-bond donors (Lipinski definition) is 2. The number of amides is 2. The number of aryl methyl sites for hydroxylation is 1. The summed E-state index contributed by atoms with van der Waals surface area (Å²) in [5.41, 5.74) is 2.75. The Kier molecular flexibility index (Phi) is 8.10. The maximum Gasteiger partial charge on any atom is 0.252 e. The highest BCUT2D eigenvalue weighted by atomic mass is 35.5. The van der Waals surface area contributed by atoms with Crippen LogP contribution < -0.4 is 10.6 Å². The molecule has 2 amide bonds. The fourth-order valence-electron chi connectivity index (χ4n) is 3.96. The third-order valence-corrected chi connectivity index (χ3v) is 6.13. The van der Waals surface area contributed by atoms with Crippen LogP contribution in [0, 0.1) is 12.8 Å². The van der Waals surface area contributed by atoms with Gasteiger partial charge in [0, 0.05) is 36.3 Å². The van der Waals surface area contributed by atoms with Gasteiger partial charge < -0.3 is 10.6 Å². The standard InChI is InChI=1S/C25H32ClN3O2/c1-17(2)23(28-24(30)22-7-5-4-6-18(22)3)25(31)27-21-12-14-29(15-13-21)16-19-8-10-20(26)11-9-19/h4-11,17,21,23H,12-16H2,1-3H3,(H,27,31)(H,28,30).